The van der Waals surface area contributed by atoms with Crippen LogP contribution in [0.2, 0.25) is 0 Å². The van der Waals surface area contributed by atoms with Crippen molar-refractivity contribution in [3.8, 4) is 0 Å². The first-order valence-corrected chi connectivity index (χ1v) is 8.48. The van der Waals surface area contributed by atoms with E-state index in [1.54, 1.807) is 6.20 Å². The highest BCUT2D eigenvalue weighted by molar-refractivity contribution is 5.86. The zero-order valence-electron chi connectivity index (χ0n) is 13.5. The van der Waals surface area contributed by atoms with Gasteiger partial charge in [0.25, 0.3) is 0 Å². The molecule has 128 valence electrons. The summed E-state index contributed by atoms with van der Waals surface area (Å²) in [6, 6.07) is 6.54. The monoisotopic (exact) mass is 329 g/mol. The second kappa shape index (κ2) is 7.38. The van der Waals surface area contributed by atoms with Crippen molar-refractivity contribution in [2.24, 2.45) is 0 Å². The van der Waals surface area contributed by atoms with Gasteiger partial charge in [-0.25, -0.2) is 9.59 Å². The van der Waals surface area contributed by atoms with Crippen LogP contribution >= 0.6 is 0 Å². The fourth-order valence-corrected chi connectivity index (χ4v) is 3.35. The average molecular weight is 329 g/mol. The molecule has 1 aliphatic carbocycles. The van der Waals surface area contributed by atoms with E-state index in [4.69, 9.17) is 0 Å². The van der Waals surface area contributed by atoms with Crippen LogP contribution < -0.4 is 10.6 Å². The first kappa shape index (κ1) is 16.4. The molecule has 1 aromatic carbocycles. The number of fused-ring (bicyclic) bond motifs is 1. The number of carboxylic acid groups (broad SMARTS) is 1. The van der Waals surface area contributed by atoms with Crippen molar-refractivity contribution in [3.63, 3.8) is 0 Å². The summed E-state index contributed by atoms with van der Waals surface area (Å²) in [6.07, 6.45) is 7.42. The molecule has 0 aliphatic heterocycles. The minimum Gasteiger partial charge on any atom is -0.480 e. The van der Waals surface area contributed by atoms with E-state index in [1.165, 1.54) is 6.42 Å². The Balaban J connectivity index is 1.64. The van der Waals surface area contributed by atoms with Crippen molar-refractivity contribution in [2.75, 3.05) is 0 Å². The van der Waals surface area contributed by atoms with Gasteiger partial charge in [-0.1, -0.05) is 37.5 Å². The number of urea groups is 1. The largest absolute Gasteiger partial charge is 0.480 e. The highest BCUT2D eigenvalue weighted by Gasteiger charge is 2.23. The minimum absolute atomic E-state index is 0.154. The molecule has 1 aliphatic rings. The van der Waals surface area contributed by atoms with Gasteiger partial charge in [-0.05, 0) is 24.5 Å². The molecule has 1 aromatic heterocycles. The van der Waals surface area contributed by atoms with Gasteiger partial charge < -0.3 is 20.7 Å². The van der Waals surface area contributed by atoms with Gasteiger partial charge in [0.15, 0.2) is 0 Å². The van der Waals surface area contributed by atoms with Crippen molar-refractivity contribution >= 4 is 22.9 Å². The van der Waals surface area contributed by atoms with Crippen LogP contribution in [0.15, 0.2) is 30.5 Å². The lowest BCUT2D eigenvalue weighted by atomic mass is 9.96. The summed E-state index contributed by atoms with van der Waals surface area (Å²) in [7, 11) is 0. The second-order valence-electron chi connectivity index (χ2n) is 6.41. The minimum atomic E-state index is -1.03. The number of H-pyrrole nitrogens is 1. The van der Waals surface area contributed by atoms with Crippen LogP contribution in [0.1, 0.15) is 37.7 Å². The van der Waals surface area contributed by atoms with E-state index in [1.807, 2.05) is 24.3 Å². The number of aliphatic carboxylic acids is 1. The van der Waals surface area contributed by atoms with E-state index in [0.29, 0.717) is 0 Å². The molecule has 0 bridgehead atoms. The Morgan fingerprint density at radius 1 is 1.21 bits per heavy atom. The molecule has 1 unspecified atom stereocenters. The molecule has 6 heteroatoms. The number of carboxylic acids is 1. The number of hydrogen-bond acceptors (Lipinski definition) is 2. The van der Waals surface area contributed by atoms with Gasteiger partial charge in [-0.2, -0.15) is 0 Å². The molecule has 2 aromatic rings. The van der Waals surface area contributed by atoms with Crippen LogP contribution in [0, 0.1) is 0 Å². The van der Waals surface area contributed by atoms with Gasteiger partial charge in [0, 0.05) is 29.6 Å². The number of carbonyl (C=O) groups is 2. The standard InChI is InChI=1S/C18H23N3O3/c22-17(23)16(21-18(24)20-13-6-2-1-3-7-13)10-12-11-19-15-9-5-4-8-14(12)15/h4-5,8-9,11,13,16,19H,1-3,6-7,10H2,(H,22,23)(H2,20,21,24). The number of aromatic nitrogens is 1. The van der Waals surface area contributed by atoms with Crippen molar-refractivity contribution < 1.29 is 14.7 Å². The van der Waals surface area contributed by atoms with E-state index >= 15 is 0 Å². The third kappa shape index (κ3) is 3.88. The summed E-state index contributed by atoms with van der Waals surface area (Å²) in [4.78, 5) is 26.8. The van der Waals surface area contributed by atoms with Crippen LogP contribution in [0.4, 0.5) is 4.79 Å². The molecule has 0 radical (unpaired) electrons. The Labute approximate surface area is 140 Å². The maximum atomic E-state index is 12.1. The summed E-state index contributed by atoms with van der Waals surface area (Å²) in [5.41, 5.74) is 1.85. The number of hydrogen-bond donors (Lipinski definition) is 4. The van der Waals surface area contributed by atoms with Crippen LogP contribution in [-0.2, 0) is 11.2 Å². The zero-order valence-corrected chi connectivity index (χ0v) is 13.5. The molecule has 3 rings (SSSR count). The van der Waals surface area contributed by atoms with Crippen molar-refractivity contribution in [1.29, 1.82) is 0 Å². The van der Waals surface area contributed by atoms with Crippen LogP contribution in [0.5, 0.6) is 0 Å². The molecule has 24 heavy (non-hydrogen) atoms. The van der Waals surface area contributed by atoms with Crippen LogP contribution in [0.3, 0.4) is 0 Å². The quantitative estimate of drug-likeness (QED) is 0.679. The molecule has 2 amide bonds. The number of rotatable bonds is 5. The molecule has 0 saturated heterocycles. The summed E-state index contributed by atoms with van der Waals surface area (Å²) < 4.78 is 0. The Bertz CT molecular complexity index is 719. The van der Waals surface area contributed by atoms with Crippen molar-refractivity contribution in [2.45, 2.75) is 50.6 Å². The first-order chi connectivity index (χ1) is 11.6. The average Bonchev–Trinajstić information content (AvgIpc) is 2.98. The second-order valence-corrected chi connectivity index (χ2v) is 6.41. The summed E-state index contributed by atoms with van der Waals surface area (Å²) in [5, 5.41) is 15.9. The lowest BCUT2D eigenvalue weighted by Gasteiger charge is -2.24. The smallest absolute Gasteiger partial charge is 0.326 e. The van der Waals surface area contributed by atoms with E-state index in [9.17, 15) is 14.7 Å². The Morgan fingerprint density at radius 2 is 1.96 bits per heavy atom. The lowest BCUT2D eigenvalue weighted by Crippen LogP contribution is -2.50. The highest BCUT2D eigenvalue weighted by Crippen LogP contribution is 2.19. The van der Waals surface area contributed by atoms with Crippen LogP contribution in [-0.4, -0.2) is 34.2 Å². The maximum Gasteiger partial charge on any atom is 0.326 e. The first-order valence-electron chi connectivity index (χ1n) is 8.48. The van der Waals surface area contributed by atoms with Gasteiger partial charge >= 0.3 is 12.0 Å². The normalized spacial score (nSPS) is 16.7. The number of nitrogens with one attached hydrogen (secondary N) is 3. The Kier molecular flexibility index (Phi) is 5.03. The zero-order chi connectivity index (χ0) is 16.9. The Hall–Kier alpha value is -2.50. The fraction of sp³-hybridized carbons (Fsp3) is 0.444. The molecule has 4 N–H and O–H groups in total. The topological polar surface area (TPSA) is 94.2 Å². The molecular weight excluding hydrogens is 306 g/mol. The van der Waals surface area contributed by atoms with Gasteiger partial charge in [-0.15, -0.1) is 0 Å². The fourth-order valence-electron chi connectivity index (χ4n) is 3.35. The third-order valence-electron chi connectivity index (χ3n) is 4.64. The summed E-state index contributed by atoms with van der Waals surface area (Å²) in [6.45, 7) is 0. The number of para-hydroxylation sites is 1. The van der Waals surface area contributed by atoms with Crippen molar-refractivity contribution in [3.05, 3.63) is 36.0 Å². The number of carbonyl (C=O) groups excluding carboxylic acids is 1. The van der Waals surface area contributed by atoms with Crippen molar-refractivity contribution in [1.82, 2.24) is 15.6 Å². The molecule has 1 heterocycles. The van der Waals surface area contributed by atoms with E-state index in [0.717, 1.165) is 42.1 Å². The predicted octanol–water partition coefficient (Wildman–Crippen LogP) is 2.80. The molecule has 1 fully saturated rings. The maximum absolute atomic E-state index is 12.1. The molecule has 0 spiro atoms. The number of aromatic amines is 1. The van der Waals surface area contributed by atoms with E-state index in [2.05, 4.69) is 15.6 Å². The van der Waals surface area contributed by atoms with E-state index < -0.39 is 18.0 Å². The third-order valence-corrected chi connectivity index (χ3v) is 4.64. The summed E-state index contributed by atoms with van der Waals surface area (Å²) in [5.74, 6) is -1.03. The molecule has 1 saturated carbocycles. The highest BCUT2D eigenvalue weighted by atomic mass is 16.4. The number of amides is 2. The Morgan fingerprint density at radius 3 is 2.71 bits per heavy atom. The lowest BCUT2D eigenvalue weighted by molar-refractivity contribution is -0.139. The molecule has 1 atom stereocenters. The molecule has 6 nitrogen and oxygen atoms in total. The van der Waals surface area contributed by atoms with Gasteiger partial charge in [0.05, 0.1) is 0 Å². The summed E-state index contributed by atoms with van der Waals surface area (Å²) >= 11 is 0. The number of benzene rings is 1. The van der Waals surface area contributed by atoms with Gasteiger partial charge in [0.2, 0.25) is 0 Å². The molecular formula is C18H23N3O3. The predicted molar refractivity (Wildman–Crippen MR) is 92.0 cm³/mol. The van der Waals surface area contributed by atoms with Crippen LogP contribution in [0.25, 0.3) is 10.9 Å². The van der Waals surface area contributed by atoms with E-state index in [-0.39, 0.29) is 12.5 Å². The van der Waals surface area contributed by atoms with Gasteiger partial charge in [0.1, 0.15) is 6.04 Å². The van der Waals surface area contributed by atoms with Gasteiger partial charge in [-0.3, -0.25) is 0 Å². The SMILES string of the molecule is O=C(NC1CCCCC1)NC(Cc1c[nH]c2ccccc12)C(=O)O.